The number of halogens is 1. The van der Waals surface area contributed by atoms with E-state index in [1.165, 1.54) is 0 Å². The monoisotopic (exact) mass is 317 g/mol. The van der Waals surface area contributed by atoms with Crippen molar-refractivity contribution in [2.24, 2.45) is 0 Å². The van der Waals surface area contributed by atoms with E-state index in [2.05, 4.69) is 15.2 Å². The lowest BCUT2D eigenvalue weighted by Crippen LogP contribution is -1.99. The number of H-pyrrole nitrogens is 1. The zero-order valence-electron chi connectivity index (χ0n) is 11.8. The Labute approximate surface area is 130 Å². The Bertz CT molecular complexity index is 850. The van der Waals surface area contributed by atoms with Crippen molar-refractivity contribution in [3.05, 3.63) is 46.2 Å². The third-order valence-electron chi connectivity index (χ3n) is 3.32. The molecular formula is C15H12ClN3O3. The van der Waals surface area contributed by atoms with Crippen LogP contribution in [0.2, 0.25) is 5.02 Å². The smallest absolute Gasteiger partial charge is 0.338 e. The van der Waals surface area contributed by atoms with Crippen LogP contribution in [0.25, 0.3) is 22.9 Å². The normalized spacial score (nSPS) is 10.9. The van der Waals surface area contributed by atoms with Gasteiger partial charge in [0, 0.05) is 22.0 Å². The topological polar surface area (TPSA) is 92.0 Å². The van der Waals surface area contributed by atoms with E-state index < -0.39 is 5.97 Å². The second-order valence-electron chi connectivity index (χ2n) is 4.85. The molecule has 0 unspecified atom stereocenters. The molecule has 0 radical (unpaired) electrons. The number of benzene rings is 1. The number of aromatic amines is 1. The van der Waals surface area contributed by atoms with Gasteiger partial charge in [-0.25, -0.2) is 4.79 Å². The summed E-state index contributed by atoms with van der Waals surface area (Å²) < 4.78 is 5.63. The van der Waals surface area contributed by atoms with Crippen LogP contribution in [0.5, 0.6) is 0 Å². The van der Waals surface area contributed by atoms with Crippen LogP contribution < -0.4 is 0 Å². The molecule has 0 aliphatic rings. The number of carboxylic acids is 1. The van der Waals surface area contributed by atoms with Gasteiger partial charge in [-0.1, -0.05) is 11.6 Å². The number of aromatic nitrogens is 3. The van der Waals surface area contributed by atoms with E-state index in [-0.39, 0.29) is 11.5 Å². The van der Waals surface area contributed by atoms with Gasteiger partial charge in [-0.2, -0.15) is 0 Å². The molecule has 2 heterocycles. The van der Waals surface area contributed by atoms with Crippen molar-refractivity contribution in [1.82, 2.24) is 15.2 Å². The highest BCUT2D eigenvalue weighted by Crippen LogP contribution is 2.31. The van der Waals surface area contributed by atoms with Crippen LogP contribution in [0.15, 0.2) is 28.7 Å². The largest absolute Gasteiger partial charge is 0.478 e. The summed E-state index contributed by atoms with van der Waals surface area (Å²) in [5, 5.41) is 17.9. The Hall–Kier alpha value is -2.60. The van der Waals surface area contributed by atoms with Gasteiger partial charge in [0.2, 0.25) is 5.89 Å². The molecule has 22 heavy (non-hydrogen) atoms. The van der Waals surface area contributed by atoms with Gasteiger partial charge in [-0.3, -0.25) is 0 Å². The fraction of sp³-hybridized carbons (Fsp3) is 0.133. The van der Waals surface area contributed by atoms with Crippen molar-refractivity contribution in [2.75, 3.05) is 0 Å². The lowest BCUT2D eigenvalue weighted by atomic mass is 10.1. The Morgan fingerprint density at radius 1 is 1.14 bits per heavy atom. The molecule has 7 heteroatoms. The average Bonchev–Trinajstić information content (AvgIpc) is 3.03. The van der Waals surface area contributed by atoms with Crippen LogP contribution in [0, 0.1) is 13.8 Å². The van der Waals surface area contributed by atoms with Crippen LogP contribution in [0.3, 0.4) is 0 Å². The van der Waals surface area contributed by atoms with Crippen molar-refractivity contribution in [2.45, 2.75) is 13.8 Å². The Balaban J connectivity index is 2.08. The third kappa shape index (κ3) is 2.37. The van der Waals surface area contributed by atoms with Crippen LogP contribution in [-0.2, 0) is 0 Å². The summed E-state index contributed by atoms with van der Waals surface area (Å²) in [6.45, 7) is 3.46. The molecule has 112 valence electrons. The third-order valence-corrected chi connectivity index (χ3v) is 3.57. The molecule has 0 saturated heterocycles. The maximum atomic E-state index is 11.4. The number of carboxylic acid groups (broad SMARTS) is 1. The highest BCUT2D eigenvalue weighted by molar-refractivity contribution is 6.30. The number of hydrogen-bond donors (Lipinski definition) is 2. The Morgan fingerprint density at radius 3 is 2.41 bits per heavy atom. The standard InChI is InChI=1S/C15H12ClN3O3/c1-7-11(12(15(20)21)8(2)17-7)14-19-18-13(22-14)9-3-5-10(16)6-4-9/h3-6,17H,1-2H3,(H,20,21). The fourth-order valence-electron chi connectivity index (χ4n) is 2.35. The quantitative estimate of drug-likeness (QED) is 0.768. The molecule has 0 atom stereocenters. The minimum absolute atomic E-state index is 0.142. The van der Waals surface area contributed by atoms with Crippen molar-refractivity contribution < 1.29 is 14.3 Å². The first-order chi connectivity index (χ1) is 10.5. The van der Waals surface area contributed by atoms with Crippen LogP contribution >= 0.6 is 11.6 Å². The summed E-state index contributed by atoms with van der Waals surface area (Å²) >= 11 is 5.84. The number of rotatable bonds is 3. The van der Waals surface area contributed by atoms with Crippen molar-refractivity contribution in [3.8, 4) is 22.9 Å². The van der Waals surface area contributed by atoms with Gasteiger partial charge in [0.15, 0.2) is 0 Å². The second kappa shape index (κ2) is 5.31. The van der Waals surface area contributed by atoms with E-state index in [1.54, 1.807) is 38.1 Å². The number of carbonyl (C=O) groups is 1. The molecular weight excluding hydrogens is 306 g/mol. The van der Waals surface area contributed by atoms with Gasteiger partial charge in [-0.05, 0) is 38.1 Å². The second-order valence-corrected chi connectivity index (χ2v) is 5.29. The number of aromatic carboxylic acids is 1. The molecule has 0 aliphatic heterocycles. The van der Waals surface area contributed by atoms with Crippen molar-refractivity contribution in [3.63, 3.8) is 0 Å². The van der Waals surface area contributed by atoms with E-state index in [0.717, 1.165) is 0 Å². The minimum atomic E-state index is -1.04. The summed E-state index contributed by atoms with van der Waals surface area (Å²) in [6.07, 6.45) is 0. The first-order valence-electron chi connectivity index (χ1n) is 6.49. The zero-order valence-corrected chi connectivity index (χ0v) is 12.6. The molecule has 3 rings (SSSR count). The molecule has 6 nitrogen and oxygen atoms in total. The number of hydrogen-bond acceptors (Lipinski definition) is 4. The highest BCUT2D eigenvalue weighted by atomic mass is 35.5. The van der Waals surface area contributed by atoms with Crippen molar-refractivity contribution >= 4 is 17.6 Å². The average molecular weight is 318 g/mol. The number of nitrogens with one attached hydrogen (secondary N) is 1. The molecule has 0 aliphatic carbocycles. The summed E-state index contributed by atoms with van der Waals surface area (Å²) in [5.74, 6) is -0.562. The lowest BCUT2D eigenvalue weighted by Gasteiger charge is -1.97. The molecule has 0 bridgehead atoms. The van der Waals surface area contributed by atoms with Gasteiger partial charge in [0.25, 0.3) is 5.89 Å². The molecule has 0 fully saturated rings. The summed E-state index contributed by atoms with van der Waals surface area (Å²) in [7, 11) is 0. The SMILES string of the molecule is Cc1[nH]c(C)c(-c2nnc(-c3ccc(Cl)cc3)o2)c1C(=O)O. The highest BCUT2D eigenvalue weighted by Gasteiger charge is 2.24. The summed E-state index contributed by atoms with van der Waals surface area (Å²) in [4.78, 5) is 14.4. The number of aryl methyl sites for hydroxylation is 2. The Kier molecular flexibility index (Phi) is 3.46. The van der Waals surface area contributed by atoms with Crippen LogP contribution in [-0.4, -0.2) is 26.3 Å². The molecule has 0 saturated carbocycles. The molecule has 3 aromatic rings. The van der Waals surface area contributed by atoms with E-state index in [9.17, 15) is 9.90 Å². The molecule has 0 spiro atoms. The lowest BCUT2D eigenvalue weighted by molar-refractivity contribution is 0.0697. The number of nitrogens with zero attached hydrogens (tertiary/aromatic N) is 2. The van der Waals surface area contributed by atoms with E-state index in [1.807, 2.05) is 0 Å². The first kappa shape index (κ1) is 14.3. The molecule has 0 amide bonds. The molecule has 2 N–H and O–H groups in total. The zero-order chi connectivity index (χ0) is 15.9. The molecule has 2 aromatic heterocycles. The predicted molar refractivity (Wildman–Crippen MR) is 81.0 cm³/mol. The summed E-state index contributed by atoms with van der Waals surface area (Å²) in [5.41, 5.74) is 2.49. The minimum Gasteiger partial charge on any atom is -0.478 e. The van der Waals surface area contributed by atoms with Crippen LogP contribution in [0.4, 0.5) is 0 Å². The fourth-order valence-corrected chi connectivity index (χ4v) is 2.48. The Morgan fingerprint density at radius 2 is 1.77 bits per heavy atom. The van der Waals surface area contributed by atoms with Gasteiger partial charge in [0.1, 0.15) is 0 Å². The first-order valence-corrected chi connectivity index (χ1v) is 6.87. The van der Waals surface area contributed by atoms with E-state index >= 15 is 0 Å². The summed E-state index contributed by atoms with van der Waals surface area (Å²) in [6, 6.07) is 6.95. The van der Waals surface area contributed by atoms with Gasteiger partial charge < -0.3 is 14.5 Å². The van der Waals surface area contributed by atoms with E-state index in [4.69, 9.17) is 16.0 Å². The van der Waals surface area contributed by atoms with Crippen LogP contribution in [0.1, 0.15) is 21.7 Å². The van der Waals surface area contributed by atoms with Gasteiger partial charge >= 0.3 is 5.97 Å². The van der Waals surface area contributed by atoms with Gasteiger partial charge in [-0.15, -0.1) is 10.2 Å². The predicted octanol–water partition coefficient (Wildman–Crippen LogP) is 3.70. The molecule has 1 aromatic carbocycles. The van der Waals surface area contributed by atoms with Gasteiger partial charge in [0.05, 0.1) is 11.1 Å². The van der Waals surface area contributed by atoms with Crippen molar-refractivity contribution in [1.29, 1.82) is 0 Å². The maximum Gasteiger partial charge on any atom is 0.338 e. The van der Waals surface area contributed by atoms with E-state index in [0.29, 0.717) is 33.4 Å². The maximum absolute atomic E-state index is 11.4.